The predicted molar refractivity (Wildman–Crippen MR) is 110 cm³/mol. The van der Waals surface area contributed by atoms with E-state index in [9.17, 15) is 14.7 Å². The average molecular weight is 445 g/mol. The van der Waals surface area contributed by atoms with Crippen molar-refractivity contribution in [2.24, 2.45) is 17.6 Å². The standard InChI is InChI=1S/C23H29N3O6/c24-21(27)20(18-8-12-31-25-18)26-9-5-15(6-10-26)19(13-26)32-22(28)23(29,16-3-1-2-4-16)17-7-11-30-14-17/h7-8,11-12,14-16,19-20,29H,1-6,9-10,13H2,(H-,24,27)/p+1/t15?,19-,20?,23?,26?/m0/s1. The Morgan fingerprint density at radius 1 is 1.19 bits per heavy atom. The van der Waals surface area contributed by atoms with Crippen molar-refractivity contribution in [1.29, 1.82) is 0 Å². The number of carbonyl (C=O) groups is 2. The molecule has 4 aliphatic rings. The molecule has 6 rings (SSSR count). The fourth-order valence-corrected chi connectivity index (χ4v) is 6.29. The Bertz CT molecular complexity index is 945. The first-order chi connectivity index (χ1) is 15.4. The van der Waals surface area contributed by atoms with Crippen LogP contribution < -0.4 is 5.73 Å². The van der Waals surface area contributed by atoms with Crippen LogP contribution in [-0.4, -0.2) is 52.4 Å². The number of primary amides is 1. The Morgan fingerprint density at radius 3 is 2.53 bits per heavy atom. The van der Waals surface area contributed by atoms with Crippen molar-refractivity contribution in [3.8, 4) is 0 Å². The summed E-state index contributed by atoms with van der Waals surface area (Å²) in [7, 11) is 0. The zero-order chi connectivity index (χ0) is 22.3. The van der Waals surface area contributed by atoms with Crippen molar-refractivity contribution in [3.63, 3.8) is 0 Å². The van der Waals surface area contributed by atoms with Gasteiger partial charge in [0.25, 0.3) is 5.91 Å². The third-order valence-electron chi connectivity index (χ3n) is 7.99. The number of aromatic nitrogens is 1. The molecule has 3 aliphatic heterocycles. The van der Waals surface area contributed by atoms with Crippen molar-refractivity contribution in [1.82, 2.24) is 5.16 Å². The zero-order valence-electron chi connectivity index (χ0n) is 18.0. The smallest absolute Gasteiger partial charge is 0.343 e. The minimum atomic E-state index is -1.73. The fourth-order valence-electron chi connectivity index (χ4n) is 6.29. The number of rotatable bonds is 7. The molecule has 2 aromatic heterocycles. The first-order valence-electron chi connectivity index (χ1n) is 11.5. The maximum Gasteiger partial charge on any atom is 0.343 e. The Kier molecular flexibility index (Phi) is 5.33. The summed E-state index contributed by atoms with van der Waals surface area (Å²) in [6, 6.07) is 2.65. The molecule has 32 heavy (non-hydrogen) atoms. The SMILES string of the molecule is NC(=O)C(c1ccon1)[N+]12CCC(CC1)[C@@H](OC(=O)C(O)(c1ccoc1)C1CCCC1)C2. The maximum absolute atomic E-state index is 13.5. The molecule has 0 radical (unpaired) electrons. The monoisotopic (exact) mass is 444 g/mol. The van der Waals surface area contributed by atoms with Crippen LogP contribution in [0.2, 0.25) is 0 Å². The molecule has 1 aliphatic carbocycles. The highest BCUT2D eigenvalue weighted by molar-refractivity contribution is 5.82. The van der Waals surface area contributed by atoms with Crippen LogP contribution in [0.3, 0.4) is 0 Å². The molecule has 2 bridgehead atoms. The van der Waals surface area contributed by atoms with Crippen LogP contribution in [0.4, 0.5) is 0 Å². The van der Waals surface area contributed by atoms with Crippen LogP contribution in [0, 0.1) is 11.8 Å². The molecule has 172 valence electrons. The molecule has 1 amide bonds. The fraction of sp³-hybridized carbons (Fsp3) is 0.609. The molecule has 2 unspecified atom stereocenters. The Labute approximate surface area is 186 Å². The van der Waals surface area contributed by atoms with Crippen LogP contribution in [-0.2, 0) is 19.9 Å². The second-order valence-electron chi connectivity index (χ2n) is 9.62. The lowest BCUT2D eigenvalue weighted by molar-refractivity contribution is -0.965. The van der Waals surface area contributed by atoms with Gasteiger partial charge in [-0.2, -0.15) is 0 Å². The molecule has 2 aromatic rings. The van der Waals surface area contributed by atoms with Crippen LogP contribution in [0.25, 0.3) is 0 Å². The number of fused-ring (bicyclic) bond motifs is 3. The van der Waals surface area contributed by atoms with E-state index in [1.54, 1.807) is 12.1 Å². The third-order valence-corrected chi connectivity index (χ3v) is 7.99. The van der Waals surface area contributed by atoms with Crippen LogP contribution in [0.5, 0.6) is 0 Å². The van der Waals surface area contributed by atoms with Gasteiger partial charge in [-0.25, -0.2) is 4.79 Å². The molecule has 1 saturated carbocycles. The van der Waals surface area contributed by atoms with E-state index < -0.39 is 29.6 Å². The van der Waals surface area contributed by atoms with Crippen LogP contribution >= 0.6 is 0 Å². The Hall–Kier alpha value is -2.65. The van der Waals surface area contributed by atoms with Gasteiger partial charge < -0.3 is 29.0 Å². The average Bonchev–Trinajstić information content (AvgIpc) is 3.57. The van der Waals surface area contributed by atoms with Gasteiger partial charge in [-0.05, 0) is 18.9 Å². The number of esters is 1. The van der Waals surface area contributed by atoms with Gasteiger partial charge in [-0.1, -0.05) is 18.0 Å². The minimum Gasteiger partial charge on any atom is -0.472 e. The minimum absolute atomic E-state index is 0.196. The van der Waals surface area contributed by atoms with Gasteiger partial charge in [0, 0.05) is 36.3 Å². The second-order valence-corrected chi connectivity index (χ2v) is 9.62. The van der Waals surface area contributed by atoms with Crippen molar-refractivity contribution >= 4 is 11.9 Å². The van der Waals surface area contributed by atoms with Gasteiger partial charge in [0.1, 0.15) is 12.8 Å². The molecule has 5 heterocycles. The number of piperidine rings is 3. The lowest BCUT2D eigenvalue weighted by Gasteiger charge is -2.54. The maximum atomic E-state index is 13.5. The highest BCUT2D eigenvalue weighted by Gasteiger charge is 2.56. The number of aliphatic hydroxyl groups is 1. The largest absolute Gasteiger partial charge is 0.472 e. The summed E-state index contributed by atoms with van der Waals surface area (Å²) in [6.45, 7) is 1.98. The lowest BCUT2D eigenvalue weighted by Crippen LogP contribution is -2.67. The first kappa shape index (κ1) is 21.2. The quantitative estimate of drug-likeness (QED) is 0.494. The molecule has 3 saturated heterocycles. The van der Waals surface area contributed by atoms with E-state index in [4.69, 9.17) is 19.4 Å². The number of nitrogens with zero attached hydrogens (tertiary/aromatic N) is 2. The van der Waals surface area contributed by atoms with E-state index in [0.717, 1.165) is 51.6 Å². The van der Waals surface area contributed by atoms with Gasteiger partial charge in [0.15, 0.2) is 17.4 Å². The number of amides is 1. The molecule has 0 aromatic carbocycles. The van der Waals surface area contributed by atoms with Gasteiger partial charge >= 0.3 is 5.97 Å². The number of furan rings is 1. The van der Waals surface area contributed by atoms with Gasteiger partial charge in [-0.15, -0.1) is 0 Å². The molecule has 9 heteroatoms. The van der Waals surface area contributed by atoms with E-state index in [2.05, 4.69) is 5.16 Å². The normalized spacial score (nSPS) is 30.7. The number of hydrogen-bond acceptors (Lipinski definition) is 7. The number of nitrogens with two attached hydrogens (primary N) is 1. The molecular weight excluding hydrogens is 414 g/mol. The molecule has 3 N–H and O–H groups in total. The van der Waals surface area contributed by atoms with Gasteiger partial charge in [-0.3, -0.25) is 4.79 Å². The van der Waals surface area contributed by atoms with Crippen molar-refractivity contribution in [3.05, 3.63) is 42.2 Å². The molecule has 4 fully saturated rings. The van der Waals surface area contributed by atoms with E-state index >= 15 is 0 Å². The van der Waals surface area contributed by atoms with Gasteiger partial charge in [0.2, 0.25) is 6.04 Å². The molecule has 3 atom stereocenters. The van der Waals surface area contributed by atoms with E-state index in [-0.39, 0.29) is 11.8 Å². The topological polar surface area (TPSA) is 129 Å². The summed E-state index contributed by atoms with van der Waals surface area (Å²) in [6.07, 6.45) is 9.03. The third kappa shape index (κ3) is 3.34. The Balaban J connectivity index is 1.41. The predicted octanol–water partition coefficient (Wildman–Crippen LogP) is 2.02. The van der Waals surface area contributed by atoms with E-state index in [1.165, 1.54) is 18.8 Å². The van der Waals surface area contributed by atoms with Crippen LogP contribution in [0.1, 0.15) is 55.8 Å². The highest BCUT2D eigenvalue weighted by atomic mass is 16.6. The first-order valence-corrected chi connectivity index (χ1v) is 11.5. The summed E-state index contributed by atoms with van der Waals surface area (Å²) < 4.78 is 16.6. The van der Waals surface area contributed by atoms with Crippen molar-refractivity contribution in [2.45, 2.75) is 56.3 Å². The second kappa shape index (κ2) is 8.04. The summed E-state index contributed by atoms with van der Waals surface area (Å²) in [5, 5.41) is 15.6. The number of carbonyl (C=O) groups excluding carboxylic acids is 2. The summed E-state index contributed by atoms with van der Waals surface area (Å²) >= 11 is 0. The van der Waals surface area contributed by atoms with Gasteiger partial charge in [0.05, 0.1) is 25.6 Å². The summed E-state index contributed by atoms with van der Waals surface area (Å²) in [5.74, 6) is -1.10. The van der Waals surface area contributed by atoms with E-state index in [1.807, 2.05) is 0 Å². The molecule has 0 spiro atoms. The van der Waals surface area contributed by atoms with E-state index in [0.29, 0.717) is 22.3 Å². The number of ether oxygens (including phenoxy) is 1. The molecule has 9 nitrogen and oxygen atoms in total. The number of hydrogen-bond donors (Lipinski definition) is 2. The van der Waals surface area contributed by atoms with Crippen molar-refractivity contribution in [2.75, 3.05) is 19.6 Å². The lowest BCUT2D eigenvalue weighted by atomic mass is 9.79. The summed E-state index contributed by atoms with van der Waals surface area (Å²) in [4.78, 5) is 26.0. The van der Waals surface area contributed by atoms with Crippen molar-refractivity contribution < 1.29 is 32.9 Å². The van der Waals surface area contributed by atoms with Crippen LogP contribution in [0.15, 0.2) is 39.9 Å². The Morgan fingerprint density at radius 2 is 1.94 bits per heavy atom. The summed E-state index contributed by atoms with van der Waals surface area (Å²) in [5.41, 5.74) is 5.02. The zero-order valence-corrected chi connectivity index (χ0v) is 18.0. The highest BCUT2D eigenvalue weighted by Crippen LogP contribution is 2.45. The number of quaternary nitrogens is 1. The molecular formula is C23H30N3O6+.